The number of esters is 1. The zero-order valence-corrected chi connectivity index (χ0v) is 35.1. The Kier molecular flexibility index (Phi) is 9.80. The highest BCUT2D eigenvalue weighted by atomic mass is 16.5. The highest BCUT2D eigenvalue weighted by Crippen LogP contribution is 2.67. The van der Waals surface area contributed by atoms with Gasteiger partial charge in [0.2, 0.25) is 0 Å². The highest BCUT2D eigenvalue weighted by molar-refractivity contribution is 5.95. The van der Waals surface area contributed by atoms with E-state index in [1.54, 1.807) is 7.11 Å². The molecule has 1 amide bonds. The summed E-state index contributed by atoms with van der Waals surface area (Å²) in [6.45, 7) is 7.39. The van der Waals surface area contributed by atoms with E-state index in [9.17, 15) is 25.2 Å². The van der Waals surface area contributed by atoms with Gasteiger partial charge in [-0.3, -0.25) is 19.4 Å². The van der Waals surface area contributed by atoms with Crippen molar-refractivity contribution in [3.8, 4) is 5.75 Å². The van der Waals surface area contributed by atoms with E-state index in [0.29, 0.717) is 89.0 Å². The first-order chi connectivity index (χ1) is 28.3. The van der Waals surface area contributed by atoms with Gasteiger partial charge in [-0.05, 0) is 80.7 Å². The molecule has 13 heteroatoms. The molecule has 2 aromatic carbocycles. The molecule has 3 aromatic rings. The minimum absolute atomic E-state index is 0.0903. The van der Waals surface area contributed by atoms with Gasteiger partial charge in [0, 0.05) is 97.2 Å². The number of para-hydroxylation sites is 1. The smallest absolute Gasteiger partial charge is 0.322 e. The number of fused-ring (bicyclic) bond motifs is 6. The van der Waals surface area contributed by atoms with Crippen LogP contribution < -0.4 is 15.0 Å². The topological polar surface area (TPSA) is 171 Å². The van der Waals surface area contributed by atoms with Gasteiger partial charge in [-0.25, -0.2) is 0 Å². The average Bonchev–Trinajstić information content (AvgIpc) is 3.90. The van der Waals surface area contributed by atoms with Gasteiger partial charge in [0.15, 0.2) is 5.60 Å². The van der Waals surface area contributed by atoms with Gasteiger partial charge >= 0.3 is 5.97 Å². The first kappa shape index (κ1) is 40.4. The predicted octanol–water partition coefficient (Wildman–Crippen LogP) is 2.75. The molecule has 2 saturated heterocycles. The van der Waals surface area contributed by atoms with Gasteiger partial charge in [-0.2, -0.15) is 0 Å². The highest BCUT2D eigenvalue weighted by Gasteiger charge is 2.78. The number of hydrogen-bond acceptors (Lipinski definition) is 11. The van der Waals surface area contributed by atoms with Gasteiger partial charge in [0.1, 0.15) is 17.3 Å². The summed E-state index contributed by atoms with van der Waals surface area (Å²) in [6.07, 6.45) is 6.10. The number of aliphatic hydroxyl groups excluding tert-OH is 2. The number of carbonyl (C=O) groups is 2. The molecule has 2 bridgehead atoms. The third-order valence-electron chi connectivity index (χ3n) is 15.8. The Hall–Kier alpha value is -3.98. The largest absolute Gasteiger partial charge is 0.496 e. The minimum Gasteiger partial charge on any atom is -0.496 e. The normalized spacial score (nSPS) is 37.1. The van der Waals surface area contributed by atoms with Crippen molar-refractivity contribution < 1.29 is 39.5 Å². The minimum atomic E-state index is -2.26. The number of aromatic amines is 1. The Balaban J connectivity index is 1.34. The summed E-state index contributed by atoms with van der Waals surface area (Å²) in [5, 5.41) is 51.3. The Bertz CT molecular complexity index is 2190. The zero-order valence-electron chi connectivity index (χ0n) is 35.1. The maximum Gasteiger partial charge on any atom is 0.322 e. The fraction of sp³-hybridized carbons (Fsp3) is 0.609. The van der Waals surface area contributed by atoms with Gasteiger partial charge in [0.25, 0.3) is 5.91 Å². The summed E-state index contributed by atoms with van der Waals surface area (Å²) < 4.78 is 12.3. The molecule has 3 fully saturated rings. The van der Waals surface area contributed by atoms with Crippen LogP contribution in [0.15, 0.2) is 48.6 Å². The van der Waals surface area contributed by atoms with Crippen LogP contribution in [0.25, 0.3) is 10.9 Å². The first-order valence-corrected chi connectivity index (χ1v) is 21.6. The zero-order chi connectivity index (χ0) is 41.7. The van der Waals surface area contributed by atoms with Crippen LogP contribution in [0.5, 0.6) is 5.75 Å². The van der Waals surface area contributed by atoms with Crippen LogP contribution in [-0.4, -0.2) is 144 Å². The molecule has 0 radical (unpaired) electrons. The number of ether oxygens (including phenoxy) is 2. The van der Waals surface area contributed by atoms with E-state index in [-0.39, 0.29) is 25.1 Å². The molecule has 318 valence electrons. The van der Waals surface area contributed by atoms with Crippen LogP contribution in [-0.2, 0) is 31.6 Å². The van der Waals surface area contributed by atoms with E-state index in [4.69, 9.17) is 9.47 Å². The summed E-state index contributed by atoms with van der Waals surface area (Å²) in [4.78, 5) is 40.4. The van der Waals surface area contributed by atoms with Crippen molar-refractivity contribution in [2.75, 3.05) is 72.0 Å². The average molecular weight is 812 g/mol. The van der Waals surface area contributed by atoms with E-state index in [0.717, 1.165) is 33.4 Å². The SMILES string of the molecule is CCC1(O)C[C@@H]2CN(CCc3c([nH]c4ccccc34)[C@@](C(=O)OC)(c3cc4c(cc3OC)N(C)C3C45CCN4CC=C[C@](CC)(C45)[C@@H](O)[C@]3(O)C(=O)NCCCO)C2)C1. The van der Waals surface area contributed by atoms with Crippen LogP contribution in [0, 0.1) is 11.3 Å². The number of anilines is 1. The lowest BCUT2D eigenvalue weighted by Gasteiger charge is -2.63. The lowest BCUT2D eigenvalue weighted by molar-refractivity contribution is -0.203. The van der Waals surface area contributed by atoms with Crippen molar-refractivity contribution >= 4 is 28.5 Å². The quantitative estimate of drug-likeness (QED) is 0.107. The second kappa shape index (κ2) is 14.3. The molecule has 5 aliphatic heterocycles. The van der Waals surface area contributed by atoms with Crippen molar-refractivity contribution in [2.45, 2.75) is 99.0 Å². The van der Waals surface area contributed by atoms with E-state index >= 15 is 4.79 Å². The second-order valence-electron chi connectivity index (χ2n) is 18.5. The third-order valence-corrected chi connectivity index (χ3v) is 15.8. The van der Waals surface area contributed by atoms with E-state index < -0.39 is 51.5 Å². The van der Waals surface area contributed by atoms with Gasteiger partial charge in [-0.15, -0.1) is 0 Å². The molecule has 59 heavy (non-hydrogen) atoms. The molecule has 1 aliphatic carbocycles. The summed E-state index contributed by atoms with van der Waals surface area (Å²) in [5.41, 5.74) is -1.47. The molecular weight excluding hydrogens is 751 g/mol. The van der Waals surface area contributed by atoms with Crippen LogP contribution in [0.4, 0.5) is 5.69 Å². The molecule has 1 spiro atoms. The Labute approximate surface area is 346 Å². The molecule has 9 rings (SSSR count). The van der Waals surface area contributed by atoms with Crippen molar-refractivity contribution in [2.24, 2.45) is 11.3 Å². The lowest BCUT2D eigenvalue weighted by Crippen LogP contribution is -2.81. The van der Waals surface area contributed by atoms with Crippen LogP contribution >= 0.6 is 0 Å². The maximum atomic E-state index is 15.3. The van der Waals surface area contributed by atoms with Gasteiger partial charge < -0.3 is 45.1 Å². The number of piperidine rings is 1. The molecule has 10 atom stereocenters. The summed E-state index contributed by atoms with van der Waals surface area (Å²) >= 11 is 0. The number of aliphatic hydroxyl groups is 4. The number of rotatable bonds is 9. The molecule has 6 aliphatic rings. The number of aromatic nitrogens is 1. The van der Waals surface area contributed by atoms with E-state index in [2.05, 4.69) is 38.3 Å². The molecular formula is C46H61N5O8. The summed E-state index contributed by atoms with van der Waals surface area (Å²) in [6, 6.07) is 11.0. The van der Waals surface area contributed by atoms with Crippen molar-refractivity contribution in [3.63, 3.8) is 0 Å². The molecule has 13 nitrogen and oxygen atoms in total. The van der Waals surface area contributed by atoms with E-state index in [1.165, 1.54) is 7.11 Å². The van der Waals surface area contributed by atoms with Crippen molar-refractivity contribution in [1.82, 2.24) is 20.1 Å². The summed E-state index contributed by atoms with van der Waals surface area (Å²) in [7, 11) is 4.92. The van der Waals surface area contributed by atoms with Crippen LogP contribution in [0.1, 0.15) is 74.8 Å². The fourth-order valence-corrected chi connectivity index (χ4v) is 13.5. The fourth-order valence-electron chi connectivity index (χ4n) is 13.5. The van der Waals surface area contributed by atoms with Crippen molar-refractivity contribution in [1.29, 1.82) is 0 Å². The number of likely N-dealkylation sites (N-methyl/N-ethyl adjacent to an activating group) is 1. The second-order valence-corrected chi connectivity index (χ2v) is 18.5. The first-order valence-electron chi connectivity index (χ1n) is 21.6. The van der Waals surface area contributed by atoms with Gasteiger partial charge in [-0.1, -0.05) is 44.2 Å². The third kappa shape index (κ3) is 5.37. The Morgan fingerprint density at radius 2 is 1.83 bits per heavy atom. The maximum absolute atomic E-state index is 15.3. The number of hydrogen-bond donors (Lipinski definition) is 6. The Morgan fingerprint density at radius 1 is 1.03 bits per heavy atom. The Morgan fingerprint density at radius 3 is 2.56 bits per heavy atom. The number of amides is 1. The molecule has 6 N–H and O–H groups in total. The molecule has 1 aromatic heterocycles. The van der Waals surface area contributed by atoms with Crippen molar-refractivity contribution in [3.05, 3.63) is 70.9 Å². The monoisotopic (exact) mass is 811 g/mol. The molecule has 6 heterocycles. The number of benzene rings is 2. The number of nitrogens with zero attached hydrogens (tertiary/aromatic N) is 3. The lowest BCUT2D eigenvalue weighted by atomic mass is 9.47. The standard InChI is InChI=1S/C46H61N5O8/c1-6-42(56)24-28-25-45(41(55)59-5,36-30(14-19-50(26-28)27-42)29-12-8-9-13-33(29)48-36)32-22-31-34(23-35(32)58-4)49(3)38-44(31)16-20-51-18-10-15-43(7-2,37(44)51)39(53)46(38,57)40(54)47-17-11-21-52/h8-10,12-13,15,22-23,28,37-39,48,52-53,56-57H,6-7,11,14,16-21,24-27H2,1-5H3,(H,47,54)/t28-,37?,38?,39+,42?,43+,44?,45-,46-/m0/s1. The van der Waals surface area contributed by atoms with Crippen LogP contribution in [0.2, 0.25) is 0 Å². The predicted molar refractivity (Wildman–Crippen MR) is 224 cm³/mol. The molecule has 5 unspecified atom stereocenters. The van der Waals surface area contributed by atoms with Crippen LogP contribution in [0.3, 0.4) is 0 Å². The number of carbonyl (C=O) groups excluding carboxylic acids is 2. The summed E-state index contributed by atoms with van der Waals surface area (Å²) in [5.74, 6) is -0.727. The van der Waals surface area contributed by atoms with Gasteiger partial charge in [0.05, 0.1) is 25.9 Å². The molecule has 1 saturated carbocycles. The number of nitrogens with one attached hydrogen (secondary N) is 2. The van der Waals surface area contributed by atoms with E-state index in [1.807, 2.05) is 56.1 Å². The number of methoxy groups -OCH3 is 2. The number of H-pyrrole nitrogens is 1.